The Labute approximate surface area is 391 Å². The summed E-state index contributed by atoms with van der Waals surface area (Å²) in [5.74, 6) is 0. The van der Waals surface area contributed by atoms with Crippen molar-refractivity contribution in [2.45, 2.75) is 0 Å². The molecule has 0 N–H and O–H groups in total. The molecule has 0 unspecified atom stereocenters. The van der Waals surface area contributed by atoms with Gasteiger partial charge < -0.3 is 4.42 Å². The number of fused-ring (bicyclic) bond motifs is 8. The molecule has 1 aromatic heterocycles. The van der Waals surface area contributed by atoms with Crippen molar-refractivity contribution in [2.75, 3.05) is 0 Å². The van der Waals surface area contributed by atoms with E-state index in [2.05, 4.69) is 115 Å². The van der Waals surface area contributed by atoms with E-state index >= 15 is 0 Å². The maximum atomic E-state index is 8.99. The molecule has 1 heteroatoms. The first kappa shape index (κ1) is 28.2. The third-order valence-electron chi connectivity index (χ3n) is 12.8. The summed E-state index contributed by atoms with van der Waals surface area (Å²) in [4.78, 5) is 0. The molecule has 0 aliphatic heterocycles. The lowest BCUT2D eigenvalue weighted by atomic mass is 9.84. The first-order valence-electron chi connectivity index (χ1n) is 26.6. The molecule has 1 nitrogen and oxygen atoms in total. The molecule has 0 saturated heterocycles. The van der Waals surface area contributed by atoms with Gasteiger partial charge in [-0.1, -0.05) is 212 Å². The first-order valence-corrected chi connectivity index (χ1v) is 21.6. The zero-order valence-electron chi connectivity index (χ0n) is 44.7. The number of furan rings is 1. The smallest absolute Gasteiger partial charge is 0.143 e. The topological polar surface area (TPSA) is 13.1 Å². The molecule has 302 valence electrons. The molecule has 0 fully saturated rings. The van der Waals surface area contributed by atoms with Gasteiger partial charge in [0.15, 0.2) is 0 Å². The summed E-state index contributed by atoms with van der Waals surface area (Å²) in [7, 11) is 0. The van der Waals surface area contributed by atoms with Crippen molar-refractivity contribution in [1.82, 2.24) is 0 Å². The average molecular weight is 835 g/mol. The Bertz CT molecular complexity index is 4480. The Balaban J connectivity index is 0.887. The van der Waals surface area contributed by atoms with Crippen molar-refractivity contribution in [3.05, 3.63) is 242 Å². The predicted molar refractivity (Wildman–Crippen MR) is 276 cm³/mol. The van der Waals surface area contributed by atoms with E-state index in [-0.39, 0.29) is 47.4 Å². The van der Waals surface area contributed by atoms with E-state index in [4.69, 9.17) is 18.1 Å². The standard InChI is InChI=1S/C64H40O/c1-3-15-42(16-4-1)51-27-14-28-57-60-38-47(34-36-61(60)65-64(51)57)46-21-13-20-45(37-46)41-29-31-43(32-30-41)58-39-48-19-7-8-22-50(48)59-40-49(33-35-52(58)59)63-55-25-11-9-23-53(55)62(44-17-5-2-6-18-44)54-24-10-12-26-56(54)63/h1-40H/i1D,2D,3D,4D,5D,6D,15D,16D,17D,18D. The number of para-hydroxylation sites is 1. The van der Waals surface area contributed by atoms with Crippen LogP contribution in [0.15, 0.2) is 247 Å². The summed E-state index contributed by atoms with van der Waals surface area (Å²) in [5, 5.41) is 9.47. The van der Waals surface area contributed by atoms with Crippen molar-refractivity contribution in [3.8, 4) is 66.8 Å². The second-order valence-electron chi connectivity index (χ2n) is 16.4. The van der Waals surface area contributed by atoms with Crippen molar-refractivity contribution in [2.24, 2.45) is 0 Å². The quantitative estimate of drug-likeness (QED) is 0.120. The highest BCUT2D eigenvalue weighted by atomic mass is 16.3. The van der Waals surface area contributed by atoms with Crippen molar-refractivity contribution >= 4 is 65.0 Å². The maximum absolute atomic E-state index is 8.99. The van der Waals surface area contributed by atoms with Gasteiger partial charge in [0.05, 0.1) is 13.7 Å². The monoisotopic (exact) mass is 834 g/mol. The second-order valence-corrected chi connectivity index (χ2v) is 16.4. The van der Waals surface area contributed by atoms with Crippen LogP contribution in [0.25, 0.3) is 132 Å². The van der Waals surface area contributed by atoms with Gasteiger partial charge in [0, 0.05) is 16.3 Å². The lowest BCUT2D eigenvalue weighted by Gasteiger charge is -2.19. The molecule has 0 bridgehead atoms. The molecule has 0 aliphatic rings. The minimum absolute atomic E-state index is 0.105. The van der Waals surface area contributed by atoms with Gasteiger partial charge in [-0.2, -0.15) is 0 Å². The van der Waals surface area contributed by atoms with Gasteiger partial charge in [-0.25, -0.2) is 0 Å². The summed E-state index contributed by atoms with van der Waals surface area (Å²) >= 11 is 0. The zero-order valence-corrected chi connectivity index (χ0v) is 34.7. The molecule has 0 spiro atoms. The normalized spacial score (nSPS) is 13.8. The van der Waals surface area contributed by atoms with Crippen molar-refractivity contribution in [3.63, 3.8) is 0 Å². The highest BCUT2D eigenvalue weighted by molar-refractivity contribution is 6.23. The molecule has 1 heterocycles. The van der Waals surface area contributed by atoms with Crippen LogP contribution in [-0.2, 0) is 0 Å². The largest absolute Gasteiger partial charge is 0.455 e. The highest BCUT2D eigenvalue weighted by Gasteiger charge is 2.19. The molecule has 12 aromatic carbocycles. The van der Waals surface area contributed by atoms with E-state index in [0.29, 0.717) is 22.3 Å². The molecule has 65 heavy (non-hydrogen) atoms. The summed E-state index contributed by atoms with van der Waals surface area (Å²) in [6.45, 7) is 0. The summed E-state index contributed by atoms with van der Waals surface area (Å²) < 4.78 is 91.6. The summed E-state index contributed by atoms with van der Waals surface area (Å²) in [6.07, 6.45) is 0. The number of benzene rings is 12. The fraction of sp³-hybridized carbons (Fsp3) is 0. The lowest BCUT2D eigenvalue weighted by Crippen LogP contribution is -1.91. The Hall–Kier alpha value is -8.52. The van der Waals surface area contributed by atoms with Crippen LogP contribution in [0.2, 0.25) is 0 Å². The fourth-order valence-electron chi connectivity index (χ4n) is 9.86. The minimum Gasteiger partial charge on any atom is -0.455 e. The number of hydrogen-bond donors (Lipinski definition) is 0. The first-order chi connectivity index (χ1) is 36.4. The van der Waals surface area contributed by atoms with Crippen molar-refractivity contribution in [1.29, 1.82) is 0 Å². The van der Waals surface area contributed by atoms with Crippen LogP contribution in [-0.4, -0.2) is 0 Å². The van der Waals surface area contributed by atoms with Gasteiger partial charge in [-0.05, 0) is 135 Å². The van der Waals surface area contributed by atoms with Gasteiger partial charge in [-0.3, -0.25) is 0 Å². The second kappa shape index (κ2) is 15.1. The van der Waals surface area contributed by atoms with Crippen LogP contribution in [0, 0.1) is 0 Å². The Morgan fingerprint density at radius 3 is 1.51 bits per heavy atom. The summed E-state index contributed by atoms with van der Waals surface area (Å²) in [6, 6.07) is 58.4. The van der Waals surface area contributed by atoms with Gasteiger partial charge in [0.25, 0.3) is 0 Å². The minimum atomic E-state index is -0.437. The molecule has 0 aliphatic carbocycles. The molecular formula is C64H40O. The van der Waals surface area contributed by atoms with E-state index in [0.717, 1.165) is 98.4 Å². The van der Waals surface area contributed by atoms with Crippen LogP contribution < -0.4 is 0 Å². The Morgan fingerprint density at radius 1 is 0.277 bits per heavy atom. The molecule has 0 radical (unpaired) electrons. The average Bonchev–Trinajstić information content (AvgIpc) is 3.83. The molecular weight excluding hydrogens is 785 g/mol. The number of hydrogen-bond acceptors (Lipinski definition) is 1. The predicted octanol–water partition coefficient (Wildman–Crippen LogP) is 18.2. The van der Waals surface area contributed by atoms with Gasteiger partial charge in [0.2, 0.25) is 0 Å². The van der Waals surface area contributed by atoms with Gasteiger partial charge in [-0.15, -0.1) is 0 Å². The van der Waals surface area contributed by atoms with E-state index < -0.39 is 24.2 Å². The van der Waals surface area contributed by atoms with Crippen LogP contribution in [0.1, 0.15) is 13.7 Å². The Morgan fingerprint density at radius 2 is 0.800 bits per heavy atom. The van der Waals surface area contributed by atoms with Crippen LogP contribution in [0.4, 0.5) is 0 Å². The maximum Gasteiger partial charge on any atom is 0.143 e. The van der Waals surface area contributed by atoms with E-state index in [1.807, 2.05) is 60.7 Å². The van der Waals surface area contributed by atoms with Crippen LogP contribution in [0.5, 0.6) is 0 Å². The molecule has 0 saturated carbocycles. The van der Waals surface area contributed by atoms with E-state index in [1.54, 1.807) is 6.07 Å². The third-order valence-corrected chi connectivity index (χ3v) is 12.8. The fourth-order valence-corrected chi connectivity index (χ4v) is 9.86. The van der Waals surface area contributed by atoms with Crippen molar-refractivity contribution < 1.29 is 18.1 Å². The Kier molecular flexibility index (Phi) is 6.55. The number of rotatable bonds is 6. The lowest BCUT2D eigenvalue weighted by molar-refractivity contribution is 0.670. The van der Waals surface area contributed by atoms with Gasteiger partial charge >= 0.3 is 0 Å². The van der Waals surface area contributed by atoms with Crippen LogP contribution in [0.3, 0.4) is 0 Å². The molecule has 0 atom stereocenters. The van der Waals surface area contributed by atoms with E-state index in [1.165, 1.54) is 0 Å². The molecule has 0 amide bonds. The molecule has 13 rings (SSSR count). The SMILES string of the molecule is [2H]c1c([2H])c([2H])c(-c2c3ccccc3c(-c3ccc4c(-c5ccc(-c6cccc(-c7ccc8oc9c(-c%10c([2H])c([2H])c([2H])c([2H])c%10[2H])cccc9c8c7)c6)cc5)cc5ccccc5c4c3)c3ccccc23)c([2H])c1[2H]. The van der Waals surface area contributed by atoms with Crippen LogP contribution >= 0.6 is 0 Å². The van der Waals surface area contributed by atoms with Gasteiger partial charge in [0.1, 0.15) is 11.2 Å². The zero-order chi connectivity index (χ0) is 51.6. The highest BCUT2D eigenvalue weighted by Crippen LogP contribution is 2.46. The van der Waals surface area contributed by atoms with E-state index in [9.17, 15) is 0 Å². The summed E-state index contributed by atoms with van der Waals surface area (Å²) in [5.41, 5.74) is 10.7. The third kappa shape index (κ3) is 6.16. The molecule has 13 aromatic rings.